The van der Waals surface area contributed by atoms with Crippen molar-refractivity contribution in [2.24, 2.45) is 0 Å². The lowest BCUT2D eigenvalue weighted by molar-refractivity contribution is -0.188. The third-order valence-corrected chi connectivity index (χ3v) is 4.30. The van der Waals surface area contributed by atoms with Gasteiger partial charge in [-0.15, -0.1) is 0 Å². The number of para-hydroxylation sites is 1. The SMILES string of the molecule is CCC1=C(C(=O)OCc2ccc(Cl)nc2)C(C(F)(F)F)Oc2ccccc21. The zero-order valence-corrected chi connectivity index (χ0v) is 15.0. The standard InChI is InChI=1S/C19H15ClF3NO3/c1-2-12-13-5-3-4-6-14(13)27-17(19(21,22)23)16(12)18(25)26-10-11-7-8-15(20)24-9-11/h3-9,17H,2,10H2,1H3. The molecule has 1 unspecified atom stereocenters. The Labute approximate surface area is 158 Å². The van der Waals surface area contributed by atoms with E-state index >= 15 is 0 Å². The van der Waals surface area contributed by atoms with E-state index in [-0.39, 0.29) is 29.5 Å². The van der Waals surface area contributed by atoms with Crippen molar-refractivity contribution in [1.29, 1.82) is 0 Å². The predicted octanol–water partition coefficient (Wildman–Crippen LogP) is 4.97. The van der Waals surface area contributed by atoms with Crippen LogP contribution in [0.4, 0.5) is 13.2 Å². The highest BCUT2D eigenvalue weighted by Gasteiger charge is 2.50. The van der Waals surface area contributed by atoms with E-state index in [1.807, 2.05) is 0 Å². The highest BCUT2D eigenvalue weighted by Crippen LogP contribution is 2.42. The molecule has 1 aromatic heterocycles. The lowest BCUT2D eigenvalue weighted by Crippen LogP contribution is -2.41. The van der Waals surface area contributed by atoms with E-state index in [9.17, 15) is 18.0 Å². The molecule has 0 bridgehead atoms. The Hall–Kier alpha value is -2.54. The summed E-state index contributed by atoms with van der Waals surface area (Å²) in [6.07, 6.45) is -5.53. The van der Waals surface area contributed by atoms with Crippen molar-refractivity contribution in [3.8, 4) is 5.75 Å². The van der Waals surface area contributed by atoms with E-state index in [1.165, 1.54) is 18.3 Å². The molecule has 2 heterocycles. The fourth-order valence-electron chi connectivity index (χ4n) is 2.87. The monoisotopic (exact) mass is 397 g/mol. The van der Waals surface area contributed by atoms with Gasteiger partial charge in [-0.05, 0) is 24.1 Å². The number of nitrogens with zero attached hydrogens (tertiary/aromatic N) is 1. The number of pyridine rings is 1. The summed E-state index contributed by atoms with van der Waals surface area (Å²) in [7, 11) is 0. The molecule has 0 saturated heterocycles. The lowest BCUT2D eigenvalue weighted by atomic mass is 9.90. The minimum Gasteiger partial charge on any atom is -0.475 e. The molecule has 0 spiro atoms. The van der Waals surface area contributed by atoms with Crippen molar-refractivity contribution in [2.75, 3.05) is 0 Å². The van der Waals surface area contributed by atoms with Crippen LogP contribution < -0.4 is 4.74 Å². The van der Waals surface area contributed by atoms with E-state index < -0.39 is 23.8 Å². The number of alkyl halides is 3. The van der Waals surface area contributed by atoms with Gasteiger partial charge < -0.3 is 9.47 Å². The molecule has 142 valence electrons. The minimum atomic E-state index is -4.76. The molecule has 0 amide bonds. The highest BCUT2D eigenvalue weighted by molar-refractivity contribution is 6.29. The first-order valence-electron chi connectivity index (χ1n) is 8.14. The fraction of sp³-hybridized carbons (Fsp3) is 0.263. The number of halogens is 4. The number of aromatic nitrogens is 1. The van der Waals surface area contributed by atoms with Crippen LogP contribution in [0.15, 0.2) is 48.2 Å². The Morgan fingerprint density at radius 2 is 2.00 bits per heavy atom. The first kappa shape index (κ1) is 19.2. The topological polar surface area (TPSA) is 48.4 Å². The molecule has 0 aliphatic carbocycles. The van der Waals surface area contributed by atoms with Crippen molar-refractivity contribution < 1.29 is 27.4 Å². The van der Waals surface area contributed by atoms with E-state index in [0.717, 1.165) is 0 Å². The Balaban J connectivity index is 1.95. The maximum Gasteiger partial charge on any atom is 0.430 e. The quantitative estimate of drug-likeness (QED) is 0.540. The summed E-state index contributed by atoms with van der Waals surface area (Å²) in [5.41, 5.74) is 0.705. The van der Waals surface area contributed by atoms with Crippen molar-refractivity contribution in [3.63, 3.8) is 0 Å². The molecule has 27 heavy (non-hydrogen) atoms. The van der Waals surface area contributed by atoms with Gasteiger partial charge in [-0.25, -0.2) is 9.78 Å². The summed E-state index contributed by atoms with van der Waals surface area (Å²) in [6.45, 7) is 1.46. The van der Waals surface area contributed by atoms with E-state index in [4.69, 9.17) is 21.1 Å². The van der Waals surface area contributed by atoms with Gasteiger partial charge in [-0.1, -0.05) is 42.8 Å². The van der Waals surface area contributed by atoms with Crippen LogP contribution in [0.25, 0.3) is 5.57 Å². The van der Waals surface area contributed by atoms with Gasteiger partial charge in [0, 0.05) is 17.3 Å². The van der Waals surface area contributed by atoms with Crippen LogP contribution in [0.1, 0.15) is 24.5 Å². The Bertz CT molecular complexity index is 879. The predicted molar refractivity (Wildman–Crippen MR) is 93.2 cm³/mol. The molecule has 3 rings (SSSR count). The van der Waals surface area contributed by atoms with Gasteiger partial charge in [0.15, 0.2) is 0 Å². The molecule has 4 nitrogen and oxygen atoms in total. The Kier molecular flexibility index (Phi) is 5.41. The smallest absolute Gasteiger partial charge is 0.430 e. The largest absolute Gasteiger partial charge is 0.475 e. The zero-order valence-electron chi connectivity index (χ0n) is 14.2. The number of rotatable bonds is 4. The number of ether oxygens (including phenoxy) is 2. The molecule has 1 aliphatic rings. The molecule has 0 fully saturated rings. The van der Waals surface area contributed by atoms with Crippen LogP contribution in [-0.4, -0.2) is 23.2 Å². The van der Waals surface area contributed by atoms with Gasteiger partial charge >= 0.3 is 12.1 Å². The fourth-order valence-corrected chi connectivity index (χ4v) is 2.98. The van der Waals surface area contributed by atoms with Gasteiger partial charge in [0.1, 0.15) is 17.5 Å². The average molecular weight is 398 g/mol. The molecule has 0 N–H and O–H groups in total. The number of allylic oxidation sites excluding steroid dienone is 1. The van der Waals surface area contributed by atoms with E-state index in [2.05, 4.69) is 4.98 Å². The van der Waals surface area contributed by atoms with Crippen LogP contribution in [0, 0.1) is 0 Å². The van der Waals surface area contributed by atoms with Gasteiger partial charge in [-0.3, -0.25) is 0 Å². The van der Waals surface area contributed by atoms with Gasteiger partial charge in [0.2, 0.25) is 6.10 Å². The molecule has 8 heteroatoms. The summed E-state index contributed by atoms with van der Waals surface area (Å²) in [6, 6.07) is 9.40. The van der Waals surface area contributed by atoms with Crippen LogP contribution in [0.5, 0.6) is 5.75 Å². The molecule has 0 saturated carbocycles. The normalized spacial score (nSPS) is 16.6. The molecule has 1 atom stereocenters. The lowest BCUT2D eigenvalue weighted by Gasteiger charge is -2.31. The van der Waals surface area contributed by atoms with Crippen molar-refractivity contribution in [1.82, 2.24) is 4.98 Å². The molecular formula is C19H15ClF3NO3. The van der Waals surface area contributed by atoms with Gasteiger partial charge in [0.25, 0.3) is 0 Å². The third-order valence-electron chi connectivity index (χ3n) is 4.07. The van der Waals surface area contributed by atoms with Crippen LogP contribution in [-0.2, 0) is 16.1 Å². The number of esters is 1. The zero-order chi connectivity index (χ0) is 19.6. The van der Waals surface area contributed by atoms with E-state index in [1.54, 1.807) is 31.2 Å². The van der Waals surface area contributed by atoms with Crippen molar-refractivity contribution in [3.05, 3.63) is 64.4 Å². The number of fused-ring (bicyclic) bond motifs is 1. The number of carbonyl (C=O) groups is 1. The maximum absolute atomic E-state index is 13.6. The molecule has 1 aliphatic heterocycles. The molecule has 1 aromatic carbocycles. The van der Waals surface area contributed by atoms with Crippen molar-refractivity contribution >= 4 is 23.1 Å². The average Bonchev–Trinajstić information content (AvgIpc) is 2.65. The first-order valence-corrected chi connectivity index (χ1v) is 8.52. The summed E-state index contributed by atoms with van der Waals surface area (Å²) in [5.74, 6) is -0.978. The Morgan fingerprint density at radius 1 is 1.26 bits per heavy atom. The summed E-state index contributed by atoms with van der Waals surface area (Å²) < 4.78 is 51.0. The highest BCUT2D eigenvalue weighted by atomic mass is 35.5. The minimum absolute atomic E-state index is 0.0927. The number of hydrogen-bond donors (Lipinski definition) is 0. The summed E-state index contributed by atoms with van der Waals surface area (Å²) in [5, 5.41) is 0.260. The van der Waals surface area contributed by atoms with Gasteiger partial charge in [-0.2, -0.15) is 13.2 Å². The first-order chi connectivity index (χ1) is 12.8. The van der Waals surface area contributed by atoms with Gasteiger partial charge in [0.05, 0.1) is 5.57 Å². The van der Waals surface area contributed by atoms with Crippen LogP contribution in [0.3, 0.4) is 0 Å². The third kappa shape index (κ3) is 4.08. The second-order valence-electron chi connectivity index (χ2n) is 5.85. The number of carbonyl (C=O) groups excluding carboxylic acids is 1. The molecule has 2 aromatic rings. The number of hydrogen-bond acceptors (Lipinski definition) is 4. The summed E-state index contributed by atoms with van der Waals surface area (Å²) >= 11 is 5.68. The van der Waals surface area contributed by atoms with Crippen LogP contribution >= 0.6 is 11.6 Å². The molecule has 0 radical (unpaired) electrons. The number of benzene rings is 1. The van der Waals surface area contributed by atoms with Crippen molar-refractivity contribution in [2.45, 2.75) is 32.2 Å². The summed E-state index contributed by atoms with van der Waals surface area (Å²) in [4.78, 5) is 16.4. The van der Waals surface area contributed by atoms with E-state index in [0.29, 0.717) is 11.1 Å². The maximum atomic E-state index is 13.6. The van der Waals surface area contributed by atoms with Crippen LogP contribution in [0.2, 0.25) is 5.15 Å². The Morgan fingerprint density at radius 3 is 2.63 bits per heavy atom. The molecular weight excluding hydrogens is 383 g/mol. The second-order valence-corrected chi connectivity index (χ2v) is 6.23. The second kappa shape index (κ2) is 7.60.